The lowest BCUT2D eigenvalue weighted by Crippen LogP contribution is -2.20. The van der Waals surface area contributed by atoms with Crippen LogP contribution in [0.15, 0.2) is 77.8 Å². The van der Waals surface area contributed by atoms with Gasteiger partial charge in [0.05, 0.1) is 28.5 Å². The number of nitrogens with zero attached hydrogens (tertiary/aromatic N) is 2. The summed E-state index contributed by atoms with van der Waals surface area (Å²) in [6, 6.07) is 21.6. The fourth-order valence-electron chi connectivity index (χ4n) is 3.68. The first-order valence-corrected chi connectivity index (χ1v) is 10.6. The Bertz CT molecular complexity index is 1280. The van der Waals surface area contributed by atoms with Crippen molar-refractivity contribution >= 4 is 28.0 Å². The number of nitrogens with one attached hydrogen (secondary N) is 2. The molecule has 4 N–H and O–H groups in total. The van der Waals surface area contributed by atoms with Gasteiger partial charge in [0.2, 0.25) is 0 Å². The highest BCUT2D eigenvalue weighted by molar-refractivity contribution is 6.22. The van der Waals surface area contributed by atoms with Crippen molar-refractivity contribution in [2.24, 2.45) is 4.99 Å². The number of aliphatic imine (C=N–C) groups is 1. The second-order valence-corrected chi connectivity index (χ2v) is 7.55. The minimum absolute atomic E-state index is 0.0608. The quantitative estimate of drug-likeness (QED) is 0.134. The highest BCUT2D eigenvalue weighted by Crippen LogP contribution is 2.33. The summed E-state index contributed by atoms with van der Waals surface area (Å²) < 4.78 is 0. The van der Waals surface area contributed by atoms with Gasteiger partial charge < -0.3 is 20.5 Å². The van der Waals surface area contributed by atoms with Gasteiger partial charge in [0.15, 0.2) is 5.88 Å². The Morgan fingerprint density at radius 3 is 2.48 bits per heavy atom. The summed E-state index contributed by atoms with van der Waals surface area (Å²) in [6.07, 6.45) is 0.822. The number of non-ortho nitro benzene ring substituents is 1. The van der Waals surface area contributed by atoms with Gasteiger partial charge in [0, 0.05) is 35.1 Å². The maximum atomic E-state index is 11.3. The zero-order valence-electron chi connectivity index (χ0n) is 17.9. The van der Waals surface area contributed by atoms with E-state index in [4.69, 9.17) is 10.1 Å². The molecule has 0 unspecified atom stereocenters. The van der Waals surface area contributed by atoms with E-state index >= 15 is 0 Å². The molecule has 0 saturated carbocycles. The minimum atomic E-state index is -0.458. The molecule has 168 valence electrons. The van der Waals surface area contributed by atoms with Crippen molar-refractivity contribution in [1.82, 2.24) is 10.3 Å². The van der Waals surface area contributed by atoms with E-state index in [9.17, 15) is 15.2 Å². The van der Waals surface area contributed by atoms with E-state index < -0.39 is 4.92 Å². The molecule has 0 aliphatic rings. The molecule has 0 aliphatic heterocycles. The molecule has 0 atom stereocenters. The largest absolute Gasteiger partial charge is 0.494 e. The fourth-order valence-corrected chi connectivity index (χ4v) is 3.68. The maximum Gasteiger partial charge on any atom is 0.270 e. The van der Waals surface area contributed by atoms with Gasteiger partial charge in [-0.05, 0) is 36.7 Å². The van der Waals surface area contributed by atoms with Gasteiger partial charge in [-0.25, -0.2) is 4.99 Å². The Morgan fingerprint density at radius 2 is 1.79 bits per heavy atom. The third-order valence-corrected chi connectivity index (χ3v) is 5.31. The third-order valence-electron chi connectivity index (χ3n) is 5.31. The number of nitro benzene ring substituents is 1. The van der Waals surface area contributed by atoms with Gasteiger partial charge >= 0.3 is 0 Å². The van der Waals surface area contributed by atoms with Crippen LogP contribution in [-0.2, 0) is 6.42 Å². The van der Waals surface area contributed by atoms with Crippen LogP contribution in [0.4, 0.5) is 11.4 Å². The molecule has 4 aromatic rings. The van der Waals surface area contributed by atoms with Crippen LogP contribution in [0.3, 0.4) is 0 Å². The highest BCUT2D eigenvalue weighted by Gasteiger charge is 2.20. The van der Waals surface area contributed by atoms with Crippen LogP contribution in [0.25, 0.3) is 10.9 Å². The van der Waals surface area contributed by atoms with Crippen LogP contribution in [0.2, 0.25) is 0 Å². The van der Waals surface area contributed by atoms with Crippen molar-refractivity contribution in [2.45, 2.75) is 6.42 Å². The van der Waals surface area contributed by atoms with Gasteiger partial charge in [-0.2, -0.15) is 0 Å². The summed E-state index contributed by atoms with van der Waals surface area (Å²) in [5.41, 5.74) is 4.05. The first-order valence-electron chi connectivity index (χ1n) is 10.6. The van der Waals surface area contributed by atoms with Crippen molar-refractivity contribution in [3.05, 3.63) is 99.6 Å². The molecular formula is C25H24N4O4. The summed E-state index contributed by atoms with van der Waals surface area (Å²) in [7, 11) is 0. The number of benzene rings is 3. The second kappa shape index (κ2) is 10.1. The van der Waals surface area contributed by atoms with E-state index in [0.29, 0.717) is 34.4 Å². The van der Waals surface area contributed by atoms with Crippen molar-refractivity contribution in [3.8, 4) is 5.88 Å². The highest BCUT2D eigenvalue weighted by atomic mass is 16.6. The molecular weight excluding hydrogens is 420 g/mol. The minimum Gasteiger partial charge on any atom is -0.494 e. The molecule has 0 fully saturated rings. The summed E-state index contributed by atoms with van der Waals surface area (Å²) in [6.45, 7) is 1.44. The van der Waals surface area contributed by atoms with E-state index in [1.807, 2.05) is 54.6 Å². The molecule has 0 spiro atoms. The lowest BCUT2D eigenvalue weighted by atomic mass is 10.0. The van der Waals surface area contributed by atoms with Crippen LogP contribution >= 0.6 is 0 Å². The maximum absolute atomic E-state index is 11.3. The van der Waals surface area contributed by atoms with Crippen LogP contribution < -0.4 is 5.32 Å². The van der Waals surface area contributed by atoms with E-state index in [1.54, 1.807) is 6.07 Å². The number of nitro groups is 1. The van der Waals surface area contributed by atoms with E-state index in [2.05, 4.69) is 10.3 Å². The number of aliphatic hydroxyl groups is 1. The molecule has 33 heavy (non-hydrogen) atoms. The molecule has 0 bridgehead atoms. The molecule has 8 nitrogen and oxygen atoms in total. The van der Waals surface area contributed by atoms with Crippen LogP contribution in [0.1, 0.15) is 16.7 Å². The SMILES string of the molecule is O=[N+]([O-])c1ccc2[nH]c(O)c(C(=Nc3ccc(CCNCCO)cc3)c3ccccc3)c2c1. The van der Waals surface area contributed by atoms with E-state index in [0.717, 1.165) is 24.1 Å². The summed E-state index contributed by atoms with van der Waals surface area (Å²) >= 11 is 0. The van der Waals surface area contributed by atoms with Gasteiger partial charge in [-0.1, -0.05) is 42.5 Å². The van der Waals surface area contributed by atoms with Crippen LogP contribution in [0, 0.1) is 10.1 Å². The first kappa shape index (κ1) is 22.2. The standard InChI is InChI=1S/C25H24N4O4/c30-15-14-26-13-12-17-6-8-19(9-7-17)27-24(18-4-2-1-3-5-18)23-21-16-20(29(32)33)10-11-22(21)28-25(23)31/h1-11,16,26,28,30-31H,12-15H2. The predicted octanol–water partition coefficient (Wildman–Crippen LogP) is 4.08. The van der Waals surface area contributed by atoms with Crippen molar-refractivity contribution < 1.29 is 15.1 Å². The van der Waals surface area contributed by atoms with Gasteiger partial charge in [0.1, 0.15) is 0 Å². The molecule has 3 aromatic carbocycles. The number of fused-ring (bicyclic) bond motifs is 1. The zero-order valence-corrected chi connectivity index (χ0v) is 17.9. The number of hydrogen-bond donors (Lipinski definition) is 4. The lowest BCUT2D eigenvalue weighted by Gasteiger charge is -2.08. The predicted molar refractivity (Wildman–Crippen MR) is 128 cm³/mol. The third kappa shape index (κ3) is 5.08. The molecule has 1 aromatic heterocycles. The monoisotopic (exact) mass is 444 g/mol. The van der Waals surface area contributed by atoms with E-state index in [1.165, 1.54) is 12.1 Å². The molecule has 8 heteroatoms. The Balaban J connectivity index is 1.76. The van der Waals surface area contributed by atoms with Gasteiger partial charge in [-0.15, -0.1) is 0 Å². The topological polar surface area (TPSA) is 124 Å². The first-order chi connectivity index (χ1) is 16.1. The van der Waals surface area contributed by atoms with Crippen molar-refractivity contribution in [2.75, 3.05) is 19.7 Å². The second-order valence-electron chi connectivity index (χ2n) is 7.55. The van der Waals surface area contributed by atoms with E-state index in [-0.39, 0.29) is 18.2 Å². The van der Waals surface area contributed by atoms with Crippen LogP contribution in [-0.4, -0.2) is 45.5 Å². The lowest BCUT2D eigenvalue weighted by molar-refractivity contribution is -0.384. The Morgan fingerprint density at radius 1 is 1.03 bits per heavy atom. The smallest absolute Gasteiger partial charge is 0.270 e. The summed E-state index contributed by atoms with van der Waals surface area (Å²) in [5, 5.41) is 34.6. The number of H-pyrrole nitrogens is 1. The normalized spacial score (nSPS) is 11.7. The Kier molecular flexibility index (Phi) is 6.77. The molecule has 0 amide bonds. The summed E-state index contributed by atoms with van der Waals surface area (Å²) in [5.74, 6) is -0.0975. The number of aromatic hydroxyl groups is 1. The average Bonchev–Trinajstić information content (AvgIpc) is 3.16. The Hall–Kier alpha value is -4.01. The molecule has 0 aliphatic carbocycles. The summed E-state index contributed by atoms with van der Waals surface area (Å²) in [4.78, 5) is 18.6. The number of rotatable bonds is 9. The Labute approximate surface area is 190 Å². The van der Waals surface area contributed by atoms with Gasteiger partial charge in [-0.3, -0.25) is 10.1 Å². The molecule has 0 saturated heterocycles. The molecule has 1 heterocycles. The number of aliphatic hydroxyl groups excluding tert-OH is 1. The molecule has 0 radical (unpaired) electrons. The number of aromatic amines is 1. The average molecular weight is 444 g/mol. The van der Waals surface area contributed by atoms with Crippen molar-refractivity contribution in [1.29, 1.82) is 0 Å². The number of hydrogen-bond acceptors (Lipinski definition) is 6. The zero-order chi connectivity index (χ0) is 23.2. The number of aromatic nitrogens is 1. The van der Waals surface area contributed by atoms with Gasteiger partial charge in [0.25, 0.3) is 5.69 Å². The van der Waals surface area contributed by atoms with Crippen molar-refractivity contribution in [3.63, 3.8) is 0 Å². The molecule has 4 rings (SSSR count). The van der Waals surface area contributed by atoms with Crippen LogP contribution in [0.5, 0.6) is 5.88 Å². The fraction of sp³-hybridized carbons (Fsp3) is 0.160.